The molecular weight excluding hydrogens is 270 g/mol. The van der Waals surface area contributed by atoms with Gasteiger partial charge in [0, 0.05) is 12.1 Å². The molecule has 1 aromatic rings. The van der Waals surface area contributed by atoms with Gasteiger partial charge in [-0.3, -0.25) is 9.59 Å². The second-order valence-electron chi connectivity index (χ2n) is 4.40. The fourth-order valence-electron chi connectivity index (χ4n) is 1.80. The molecule has 0 fully saturated rings. The lowest BCUT2D eigenvalue weighted by Crippen LogP contribution is -2.36. The summed E-state index contributed by atoms with van der Waals surface area (Å²) >= 11 is 0. The number of carbonyl (C=O) groups excluding carboxylic acids is 2. The summed E-state index contributed by atoms with van der Waals surface area (Å²) in [4.78, 5) is 25.3. The topological polar surface area (TPSA) is 66.8 Å². The summed E-state index contributed by atoms with van der Waals surface area (Å²) in [5.74, 6) is 4.55. The predicted octanol–water partition coefficient (Wildman–Crippen LogP) is 0.974. The van der Waals surface area contributed by atoms with Crippen LogP contribution < -0.4 is 0 Å². The number of hydrogen-bond acceptors (Lipinski definition) is 4. The summed E-state index contributed by atoms with van der Waals surface area (Å²) < 4.78 is 4.59. The lowest BCUT2D eigenvalue weighted by atomic mass is 10.0. The van der Waals surface area contributed by atoms with Gasteiger partial charge in [0.1, 0.15) is 13.2 Å². The van der Waals surface area contributed by atoms with Crippen LogP contribution in [0.1, 0.15) is 28.4 Å². The molecule has 0 aromatic heterocycles. The van der Waals surface area contributed by atoms with Crippen molar-refractivity contribution in [3.05, 3.63) is 34.9 Å². The largest absolute Gasteiger partial charge is 0.468 e. The highest BCUT2D eigenvalue weighted by atomic mass is 16.5. The van der Waals surface area contributed by atoms with Crippen LogP contribution in [0.25, 0.3) is 0 Å². The maximum Gasteiger partial charge on any atom is 0.325 e. The van der Waals surface area contributed by atoms with Crippen LogP contribution in [0.2, 0.25) is 0 Å². The quantitative estimate of drug-likeness (QED) is 0.662. The number of amides is 1. The summed E-state index contributed by atoms with van der Waals surface area (Å²) in [5, 5.41) is 8.80. The number of aryl methyl sites for hydroxylation is 1. The Labute approximate surface area is 124 Å². The number of aliphatic hydroxyl groups is 1. The number of nitrogens with zero attached hydrogens (tertiary/aromatic N) is 1. The van der Waals surface area contributed by atoms with Crippen molar-refractivity contribution in [3.63, 3.8) is 0 Å². The molecule has 1 N–H and O–H groups in total. The van der Waals surface area contributed by atoms with E-state index >= 15 is 0 Å². The summed E-state index contributed by atoms with van der Waals surface area (Å²) in [5.41, 5.74) is 1.91. The Morgan fingerprint density at radius 3 is 2.67 bits per heavy atom. The third-order valence-corrected chi connectivity index (χ3v) is 2.92. The molecule has 0 spiro atoms. The van der Waals surface area contributed by atoms with Crippen LogP contribution in [-0.4, -0.2) is 48.7 Å². The van der Waals surface area contributed by atoms with Crippen LogP contribution in [-0.2, 0) is 9.53 Å². The Kier molecular flexibility index (Phi) is 6.44. The zero-order valence-electron chi connectivity index (χ0n) is 12.5. The molecule has 0 saturated carbocycles. The van der Waals surface area contributed by atoms with Gasteiger partial charge in [-0.1, -0.05) is 17.9 Å². The molecule has 0 aliphatic rings. The molecular formula is C16H19NO4. The lowest BCUT2D eigenvalue weighted by molar-refractivity contribution is -0.141. The first kappa shape index (κ1) is 16.7. The van der Waals surface area contributed by atoms with Crippen LogP contribution in [0.5, 0.6) is 0 Å². The standard InChI is InChI=1S/C16H19NO4/c1-4-17(11-15(19)21-3)16(20)14-8-7-12(2)10-13(14)6-5-9-18/h7-8,10,18H,4,9,11H2,1-3H3. The molecule has 0 aliphatic heterocycles. The molecule has 0 unspecified atom stereocenters. The number of methoxy groups -OCH3 is 1. The number of rotatable bonds is 4. The number of likely N-dealkylation sites (N-methyl/N-ethyl adjacent to an activating group) is 1. The van der Waals surface area contributed by atoms with Crippen LogP contribution in [0.4, 0.5) is 0 Å². The SMILES string of the molecule is CCN(CC(=O)OC)C(=O)c1ccc(C)cc1C#CCO. The van der Waals surface area contributed by atoms with Gasteiger partial charge in [-0.05, 0) is 31.5 Å². The van der Waals surface area contributed by atoms with Crippen LogP contribution in [0, 0.1) is 18.8 Å². The number of hydrogen-bond donors (Lipinski definition) is 1. The van der Waals surface area contributed by atoms with Crippen molar-refractivity contribution in [2.45, 2.75) is 13.8 Å². The van der Waals surface area contributed by atoms with Crippen molar-refractivity contribution in [2.75, 3.05) is 26.8 Å². The summed E-state index contributed by atoms with van der Waals surface area (Å²) in [7, 11) is 1.28. The van der Waals surface area contributed by atoms with Crippen molar-refractivity contribution in [1.29, 1.82) is 0 Å². The van der Waals surface area contributed by atoms with Crippen molar-refractivity contribution >= 4 is 11.9 Å². The fraction of sp³-hybridized carbons (Fsp3) is 0.375. The second-order valence-corrected chi connectivity index (χ2v) is 4.40. The van der Waals surface area contributed by atoms with Gasteiger partial charge in [0.15, 0.2) is 0 Å². The number of ether oxygens (including phenoxy) is 1. The van der Waals surface area contributed by atoms with Crippen LogP contribution in [0.15, 0.2) is 18.2 Å². The van der Waals surface area contributed by atoms with Crippen molar-refractivity contribution < 1.29 is 19.4 Å². The molecule has 5 heteroatoms. The Bertz CT molecular complexity index is 584. The molecule has 1 rings (SSSR count). The number of carbonyl (C=O) groups is 2. The summed E-state index contributed by atoms with van der Waals surface area (Å²) in [6.45, 7) is 3.68. The van der Waals surface area contributed by atoms with Gasteiger partial charge in [0.2, 0.25) is 0 Å². The number of aliphatic hydroxyl groups excluding tert-OH is 1. The van der Waals surface area contributed by atoms with E-state index in [-0.39, 0.29) is 19.1 Å². The minimum absolute atomic E-state index is 0.105. The van der Waals surface area contributed by atoms with E-state index in [1.54, 1.807) is 19.1 Å². The zero-order valence-corrected chi connectivity index (χ0v) is 12.5. The Hall–Kier alpha value is -2.32. The molecule has 0 heterocycles. The van der Waals surface area contributed by atoms with Gasteiger partial charge < -0.3 is 14.7 Å². The predicted molar refractivity (Wildman–Crippen MR) is 78.7 cm³/mol. The van der Waals surface area contributed by atoms with E-state index in [0.717, 1.165) is 5.56 Å². The summed E-state index contributed by atoms with van der Waals surface area (Å²) in [6.07, 6.45) is 0. The molecule has 1 aromatic carbocycles. The fourth-order valence-corrected chi connectivity index (χ4v) is 1.80. The molecule has 0 radical (unpaired) electrons. The third kappa shape index (κ3) is 4.62. The average molecular weight is 289 g/mol. The molecule has 0 bridgehead atoms. The minimum Gasteiger partial charge on any atom is -0.468 e. The molecule has 5 nitrogen and oxygen atoms in total. The van der Waals surface area contributed by atoms with E-state index in [9.17, 15) is 9.59 Å². The Morgan fingerprint density at radius 1 is 1.38 bits per heavy atom. The van der Waals surface area contributed by atoms with E-state index in [1.165, 1.54) is 12.0 Å². The van der Waals surface area contributed by atoms with Crippen molar-refractivity contribution in [3.8, 4) is 11.8 Å². The van der Waals surface area contributed by atoms with Gasteiger partial charge in [0.05, 0.1) is 12.7 Å². The summed E-state index contributed by atoms with van der Waals surface area (Å²) in [6, 6.07) is 5.27. The average Bonchev–Trinajstić information content (AvgIpc) is 2.49. The molecule has 112 valence electrons. The van der Waals surface area contributed by atoms with Crippen molar-refractivity contribution in [1.82, 2.24) is 4.90 Å². The molecule has 21 heavy (non-hydrogen) atoms. The molecule has 0 aliphatic carbocycles. The molecule has 1 amide bonds. The first-order chi connectivity index (χ1) is 10.0. The zero-order chi connectivity index (χ0) is 15.8. The van der Waals surface area contributed by atoms with E-state index in [1.807, 2.05) is 13.0 Å². The highest BCUT2D eigenvalue weighted by molar-refractivity contribution is 5.98. The third-order valence-electron chi connectivity index (χ3n) is 2.92. The Balaban J connectivity index is 3.12. The number of esters is 1. The highest BCUT2D eigenvalue weighted by Crippen LogP contribution is 2.13. The van der Waals surface area contributed by atoms with E-state index in [0.29, 0.717) is 17.7 Å². The van der Waals surface area contributed by atoms with Gasteiger partial charge >= 0.3 is 5.97 Å². The maximum absolute atomic E-state index is 12.5. The van der Waals surface area contributed by atoms with E-state index < -0.39 is 5.97 Å². The van der Waals surface area contributed by atoms with Gasteiger partial charge in [-0.15, -0.1) is 0 Å². The lowest BCUT2D eigenvalue weighted by Gasteiger charge is -2.20. The second kappa shape index (κ2) is 8.08. The van der Waals surface area contributed by atoms with Gasteiger partial charge in [0.25, 0.3) is 5.91 Å². The molecule has 0 saturated heterocycles. The smallest absolute Gasteiger partial charge is 0.325 e. The first-order valence-electron chi connectivity index (χ1n) is 6.60. The van der Waals surface area contributed by atoms with Crippen LogP contribution in [0.3, 0.4) is 0 Å². The first-order valence-corrected chi connectivity index (χ1v) is 6.60. The van der Waals surface area contributed by atoms with E-state index in [2.05, 4.69) is 16.6 Å². The Morgan fingerprint density at radius 2 is 2.10 bits per heavy atom. The van der Waals surface area contributed by atoms with Gasteiger partial charge in [-0.25, -0.2) is 0 Å². The normalized spacial score (nSPS) is 9.52. The highest BCUT2D eigenvalue weighted by Gasteiger charge is 2.19. The molecule has 0 atom stereocenters. The number of benzene rings is 1. The monoisotopic (exact) mass is 289 g/mol. The minimum atomic E-state index is -0.472. The van der Waals surface area contributed by atoms with E-state index in [4.69, 9.17) is 5.11 Å². The van der Waals surface area contributed by atoms with Crippen LogP contribution >= 0.6 is 0 Å². The van der Waals surface area contributed by atoms with Gasteiger partial charge in [-0.2, -0.15) is 0 Å². The maximum atomic E-state index is 12.5. The van der Waals surface area contributed by atoms with Crippen molar-refractivity contribution in [2.24, 2.45) is 0 Å².